The lowest BCUT2D eigenvalue weighted by molar-refractivity contribution is -0.127. The van der Waals surface area contributed by atoms with Crippen molar-refractivity contribution in [2.45, 2.75) is 18.9 Å². The Bertz CT molecular complexity index is 466. The maximum atomic E-state index is 12.1. The number of carboxylic acids is 1. The molecule has 1 fully saturated rings. The van der Waals surface area contributed by atoms with Gasteiger partial charge in [-0.3, -0.25) is 4.79 Å². The van der Waals surface area contributed by atoms with Gasteiger partial charge in [-0.05, 0) is 25.0 Å². The van der Waals surface area contributed by atoms with E-state index in [0.29, 0.717) is 18.7 Å². The average Bonchev–Trinajstić information content (AvgIpc) is 2.90. The van der Waals surface area contributed by atoms with Gasteiger partial charge in [0.2, 0.25) is 0 Å². The Morgan fingerprint density at radius 3 is 2.72 bits per heavy atom. The number of carbonyl (C=O) groups is 2. The summed E-state index contributed by atoms with van der Waals surface area (Å²) < 4.78 is 5.32. The Labute approximate surface area is 105 Å². The lowest BCUT2D eigenvalue weighted by Gasteiger charge is -2.22. The average molecular weight is 249 g/mol. The van der Waals surface area contributed by atoms with E-state index in [0.717, 1.165) is 6.42 Å². The maximum Gasteiger partial charge on any atom is 0.337 e. The minimum Gasteiger partial charge on any atom is -0.478 e. The topological polar surface area (TPSA) is 66.8 Å². The third kappa shape index (κ3) is 2.36. The highest BCUT2D eigenvalue weighted by Crippen LogP contribution is 2.22. The maximum absolute atomic E-state index is 12.1. The molecule has 0 aromatic heterocycles. The van der Waals surface area contributed by atoms with Crippen LogP contribution in [0.15, 0.2) is 24.3 Å². The summed E-state index contributed by atoms with van der Waals surface area (Å²) in [6.07, 6.45) is 1.11. The van der Waals surface area contributed by atoms with E-state index in [2.05, 4.69) is 0 Å². The molecule has 1 aliphatic heterocycles. The first kappa shape index (κ1) is 12.6. The van der Waals surface area contributed by atoms with Crippen molar-refractivity contribution in [2.24, 2.45) is 0 Å². The fourth-order valence-electron chi connectivity index (χ4n) is 2.05. The largest absolute Gasteiger partial charge is 0.478 e. The van der Waals surface area contributed by atoms with Gasteiger partial charge in [0, 0.05) is 13.7 Å². The molecule has 1 heterocycles. The molecule has 0 saturated carbocycles. The molecule has 1 amide bonds. The molecule has 1 unspecified atom stereocenters. The summed E-state index contributed by atoms with van der Waals surface area (Å²) in [7, 11) is 1.58. The van der Waals surface area contributed by atoms with E-state index in [1.54, 1.807) is 25.2 Å². The summed E-state index contributed by atoms with van der Waals surface area (Å²) in [5.41, 5.74) is 0.511. The van der Waals surface area contributed by atoms with Crippen molar-refractivity contribution in [3.8, 4) is 0 Å². The fraction of sp³-hybridized carbons (Fsp3) is 0.385. The molecular formula is C13H15NO4. The van der Waals surface area contributed by atoms with Crippen molar-refractivity contribution in [1.82, 2.24) is 0 Å². The Kier molecular flexibility index (Phi) is 3.62. The summed E-state index contributed by atoms with van der Waals surface area (Å²) in [5.74, 6) is -1.24. The summed E-state index contributed by atoms with van der Waals surface area (Å²) in [6.45, 7) is 0.588. The first-order valence-corrected chi connectivity index (χ1v) is 5.82. The van der Waals surface area contributed by atoms with E-state index >= 15 is 0 Å². The molecule has 0 spiro atoms. The fourth-order valence-corrected chi connectivity index (χ4v) is 2.05. The van der Waals surface area contributed by atoms with E-state index in [9.17, 15) is 9.59 Å². The number of carboxylic acid groups (broad SMARTS) is 1. The first-order chi connectivity index (χ1) is 8.61. The second-order valence-electron chi connectivity index (χ2n) is 4.22. The van der Waals surface area contributed by atoms with Gasteiger partial charge in [-0.1, -0.05) is 12.1 Å². The molecule has 96 valence electrons. The summed E-state index contributed by atoms with van der Waals surface area (Å²) in [5, 5.41) is 9.09. The number of likely N-dealkylation sites (N-methyl/N-ethyl adjacent to an activating group) is 1. The number of amides is 1. The van der Waals surface area contributed by atoms with Crippen LogP contribution < -0.4 is 4.90 Å². The SMILES string of the molecule is CN(C(=O)C1CCCO1)c1ccccc1C(=O)O. The number of hydrogen-bond acceptors (Lipinski definition) is 3. The van der Waals surface area contributed by atoms with E-state index in [4.69, 9.17) is 9.84 Å². The van der Waals surface area contributed by atoms with Crippen LogP contribution in [-0.4, -0.2) is 36.7 Å². The van der Waals surface area contributed by atoms with E-state index in [1.165, 1.54) is 11.0 Å². The Balaban J connectivity index is 2.25. The van der Waals surface area contributed by atoms with Crippen molar-refractivity contribution in [3.63, 3.8) is 0 Å². The van der Waals surface area contributed by atoms with Gasteiger partial charge < -0.3 is 14.7 Å². The first-order valence-electron chi connectivity index (χ1n) is 5.82. The highest BCUT2D eigenvalue weighted by molar-refractivity contribution is 6.03. The molecule has 2 rings (SSSR count). The quantitative estimate of drug-likeness (QED) is 0.882. The molecule has 5 nitrogen and oxygen atoms in total. The lowest BCUT2D eigenvalue weighted by atomic mass is 10.1. The lowest BCUT2D eigenvalue weighted by Crippen LogP contribution is -2.36. The van der Waals surface area contributed by atoms with Gasteiger partial charge in [0.15, 0.2) is 0 Å². The highest BCUT2D eigenvalue weighted by atomic mass is 16.5. The number of benzene rings is 1. The van der Waals surface area contributed by atoms with E-state index < -0.39 is 12.1 Å². The van der Waals surface area contributed by atoms with E-state index in [1.807, 2.05) is 0 Å². The smallest absolute Gasteiger partial charge is 0.337 e. The number of anilines is 1. The van der Waals surface area contributed by atoms with Crippen LogP contribution in [0.4, 0.5) is 5.69 Å². The monoisotopic (exact) mass is 249 g/mol. The van der Waals surface area contributed by atoms with Crippen molar-refractivity contribution in [2.75, 3.05) is 18.6 Å². The van der Waals surface area contributed by atoms with Crippen LogP contribution in [-0.2, 0) is 9.53 Å². The van der Waals surface area contributed by atoms with Crippen LogP contribution in [0.5, 0.6) is 0 Å². The number of carbonyl (C=O) groups excluding carboxylic acids is 1. The molecule has 1 aromatic rings. The molecule has 5 heteroatoms. The number of ether oxygens (including phenoxy) is 1. The van der Waals surface area contributed by atoms with Crippen molar-refractivity contribution in [1.29, 1.82) is 0 Å². The number of rotatable bonds is 3. The van der Waals surface area contributed by atoms with Gasteiger partial charge in [0.05, 0.1) is 11.3 Å². The van der Waals surface area contributed by atoms with Gasteiger partial charge in [0.1, 0.15) is 6.10 Å². The second-order valence-corrected chi connectivity index (χ2v) is 4.22. The Morgan fingerprint density at radius 1 is 1.39 bits per heavy atom. The standard InChI is InChI=1S/C13H15NO4/c1-14(12(15)11-7-4-8-18-11)10-6-3-2-5-9(10)13(16)17/h2-3,5-6,11H,4,7-8H2,1H3,(H,16,17). The molecule has 0 aliphatic carbocycles. The highest BCUT2D eigenvalue weighted by Gasteiger charge is 2.28. The summed E-state index contributed by atoms with van der Waals surface area (Å²) >= 11 is 0. The number of para-hydroxylation sites is 1. The van der Waals surface area contributed by atoms with Gasteiger partial charge in [0.25, 0.3) is 5.91 Å². The molecule has 0 bridgehead atoms. The van der Waals surface area contributed by atoms with Crippen LogP contribution in [0.2, 0.25) is 0 Å². The molecule has 1 aromatic carbocycles. The van der Waals surface area contributed by atoms with Crippen LogP contribution in [0.3, 0.4) is 0 Å². The molecule has 1 atom stereocenters. The van der Waals surface area contributed by atoms with Crippen molar-refractivity contribution >= 4 is 17.6 Å². The minimum atomic E-state index is -1.04. The number of aromatic carboxylic acids is 1. The van der Waals surface area contributed by atoms with Gasteiger partial charge in [-0.2, -0.15) is 0 Å². The third-order valence-corrected chi connectivity index (χ3v) is 3.03. The minimum absolute atomic E-state index is 0.117. The molecule has 1 N–H and O–H groups in total. The third-order valence-electron chi connectivity index (χ3n) is 3.03. The van der Waals surface area contributed by atoms with Gasteiger partial charge in [-0.25, -0.2) is 4.79 Å². The number of nitrogens with zero attached hydrogens (tertiary/aromatic N) is 1. The zero-order chi connectivity index (χ0) is 13.1. The van der Waals surface area contributed by atoms with Crippen LogP contribution in [0.25, 0.3) is 0 Å². The van der Waals surface area contributed by atoms with Gasteiger partial charge >= 0.3 is 5.97 Å². The molecule has 0 radical (unpaired) electrons. The van der Waals surface area contributed by atoms with Crippen molar-refractivity contribution in [3.05, 3.63) is 29.8 Å². The molecular weight excluding hydrogens is 234 g/mol. The Hall–Kier alpha value is -1.88. The normalized spacial score (nSPS) is 18.6. The summed E-state index contributed by atoms with van der Waals surface area (Å²) in [6, 6.07) is 6.45. The predicted molar refractivity (Wildman–Crippen MR) is 65.8 cm³/mol. The number of hydrogen-bond donors (Lipinski definition) is 1. The van der Waals surface area contributed by atoms with Crippen LogP contribution in [0.1, 0.15) is 23.2 Å². The predicted octanol–water partition coefficient (Wildman–Crippen LogP) is 1.53. The van der Waals surface area contributed by atoms with Crippen LogP contribution >= 0.6 is 0 Å². The Morgan fingerprint density at radius 2 is 2.11 bits per heavy atom. The molecule has 18 heavy (non-hydrogen) atoms. The molecule has 1 saturated heterocycles. The van der Waals surface area contributed by atoms with Crippen molar-refractivity contribution < 1.29 is 19.4 Å². The van der Waals surface area contributed by atoms with Gasteiger partial charge in [-0.15, -0.1) is 0 Å². The molecule has 1 aliphatic rings. The van der Waals surface area contributed by atoms with E-state index in [-0.39, 0.29) is 11.5 Å². The second kappa shape index (κ2) is 5.18. The summed E-state index contributed by atoms with van der Waals surface area (Å²) in [4.78, 5) is 24.6. The van der Waals surface area contributed by atoms with Crippen LogP contribution in [0, 0.1) is 0 Å². The zero-order valence-electron chi connectivity index (χ0n) is 10.1. The zero-order valence-corrected chi connectivity index (χ0v) is 10.1.